The SMILES string of the molecule is O=C(Nc1ccc(F)c(Cl)c1)c1ccc(S(=O)(=O)[C@@H]2CCS(=O)(=O)C2)cc1. The van der Waals surface area contributed by atoms with Gasteiger partial charge < -0.3 is 5.32 Å². The van der Waals surface area contributed by atoms with Crippen LogP contribution in [0, 0.1) is 5.82 Å². The molecule has 0 spiro atoms. The van der Waals surface area contributed by atoms with E-state index in [0.29, 0.717) is 5.69 Å². The Morgan fingerprint density at radius 3 is 2.37 bits per heavy atom. The first-order valence-corrected chi connectivity index (χ1v) is 11.6. The molecule has 10 heteroatoms. The first kappa shape index (κ1) is 19.8. The zero-order valence-electron chi connectivity index (χ0n) is 13.9. The Kier molecular flexibility index (Phi) is 5.29. The highest BCUT2D eigenvalue weighted by atomic mass is 35.5. The van der Waals surface area contributed by atoms with Gasteiger partial charge in [-0.1, -0.05) is 11.6 Å². The molecule has 27 heavy (non-hydrogen) atoms. The summed E-state index contributed by atoms with van der Waals surface area (Å²) in [5.41, 5.74) is 0.479. The van der Waals surface area contributed by atoms with Gasteiger partial charge in [-0.05, 0) is 48.9 Å². The number of nitrogens with one attached hydrogen (secondary N) is 1. The van der Waals surface area contributed by atoms with Gasteiger partial charge in [0.25, 0.3) is 5.91 Å². The lowest BCUT2D eigenvalue weighted by Crippen LogP contribution is -2.22. The normalized spacial score (nSPS) is 19.0. The molecule has 0 radical (unpaired) electrons. The number of sulfone groups is 2. The third-order valence-electron chi connectivity index (χ3n) is 4.25. The van der Waals surface area contributed by atoms with E-state index >= 15 is 0 Å². The molecule has 0 unspecified atom stereocenters. The molecule has 2 aromatic carbocycles. The second-order valence-electron chi connectivity index (χ2n) is 6.18. The topological polar surface area (TPSA) is 97.4 Å². The molecule has 0 aliphatic carbocycles. The maximum atomic E-state index is 13.2. The summed E-state index contributed by atoms with van der Waals surface area (Å²) in [5.74, 6) is -1.66. The van der Waals surface area contributed by atoms with Crippen LogP contribution in [0.3, 0.4) is 0 Å². The first-order valence-electron chi connectivity index (χ1n) is 7.89. The minimum Gasteiger partial charge on any atom is -0.322 e. The van der Waals surface area contributed by atoms with Gasteiger partial charge in [-0.2, -0.15) is 0 Å². The van der Waals surface area contributed by atoms with E-state index in [0.717, 1.165) is 6.07 Å². The van der Waals surface area contributed by atoms with Crippen molar-refractivity contribution in [3.63, 3.8) is 0 Å². The quantitative estimate of drug-likeness (QED) is 0.802. The third kappa shape index (κ3) is 4.31. The van der Waals surface area contributed by atoms with Gasteiger partial charge in [0, 0.05) is 11.3 Å². The Labute approximate surface area is 161 Å². The summed E-state index contributed by atoms with van der Waals surface area (Å²) in [6.07, 6.45) is 0.0677. The number of anilines is 1. The molecule has 1 aliphatic rings. The van der Waals surface area contributed by atoms with E-state index in [4.69, 9.17) is 11.6 Å². The summed E-state index contributed by atoms with van der Waals surface area (Å²) in [6.45, 7) is 0. The number of halogens is 2. The molecule has 0 aromatic heterocycles. The van der Waals surface area contributed by atoms with Gasteiger partial charge in [-0.25, -0.2) is 21.2 Å². The Morgan fingerprint density at radius 1 is 1.15 bits per heavy atom. The lowest BCUT2D eigenvalue weighted by molar-refractivity contribution is 0.102. The molecule has 2 aromatic rings. The van der Waals surface area contributed by atoms with Crippen LogP contribution in [0.1, 0.15) is 16.8 Å². The van der Waals surface area contributed by atoms with Crippen molar-refractivity contribution in [2.45, 2.75) is 16.6 Å². The zero-order valence-corrected chi connectivity index (χ0v) is 16.2. The smallest absolute Gasteiger partial charge is 0.255 e. The third-order valence-corrected chi connectivity index (χ3v) is 8.73. The van der Waals surface area contributed by atoms with Crippen LogP contribution < -0.4 is 5.32 Å². The van der Waals surface area contributed by atoms with E-state index in [-0.39, 0.29) is 33.4 Å². The molecule has 0 saturated carbocycles. The maximum Gasteiger partial charge on any atom is 0.255 e. The summed E-state index contributed by atoms with van der Waals surface area (Å²) in [5, 5.41) is 1.42. The number of hydrogen-bond donors (Lipinski definition) is 1. The standard InChI is InChI=1S/C17H15ClFNO5S2/c18-15-9-12(3-6-16(15)19)20-17(21)11-1-4-13(5-2-11)27(24,25)14-7-8-26(22,23)10-14/h1-6,9,14H,7-8,10H2,(H,20,21)/t14-/m1/s1. The maximum absolute atomic E-state index is 13.2. The molecule has 3 rings (SSSR count). The molecular weight excluding hydrogens is 417 g/mol. The Bertz CT molecular complexity index is 1100. The summed E-state index contributed by atoms with van der Waals surface area (Å²) >= 11 is 5.66. The fourth-order valence-electron chi connectivity index (χ4n) is 2.77. The number of carbonyl (C=O) groups excluding carboxylic acids is 1. The van der Waals surface area contributed by atoms with E-state index in [1.807, 2.05) is 0 Å². The van der Waals surface area contributed by atoms with Gasteiger partial charge in [0.05, 0.1) is 26.7 Å². The van der Waals surface area contributed by atoms with Crippen molar-refractivity contribution in [2.24, 2.45) is 0 Å². The average molecular weight is 432 g/mol. The molecular formula is C17H15ClFNO5S2. The van der Waals surface area contributed by atoms with Crippen molar-refractivity contribution in [1.29, 1.82) is 0 Å². The van der Waals surface area contributed by atoms with E-state index in [2.05, 4.69) is 5.32 Å². The molecule has 1 heterocycles. The second-order valence-corrected chi connectivity index (χ2v) is 11.0. The molecule has 1 N–H and O–H groups in total. The monoisotopic (exact) mass is 431 g/mol. The summed E-state index contributed by atoms with van der Waals surface area (Å²) in [7, 11) is -7.12. The molecule has 1 aliphatic heterocycles. The molecule has 6 nitrogen and oxygen atoms in total. The number of carbonyl (C=O) groups is 1. The van der Waals surface area contributed by atoms with Gasteiger partial charge in [0.2, 0.25) is 0 Å². The molecule has 1 atom stereocenters. The van der Waals surface area contributed by atoms with E-state index in [9.17, 15) is 26.0 Å². The highest BCUT2D eigenvalue weighted by molar-refractivity contribution is 7.96. The van der Waals surface area contributed by atoms with Gasteiger partial charge >= 0.3 is 0 Å². The Hall–Kier alpha value is -1.97. The molecule has 1 fully saturated rings. The second kappa shape index (κ2) is 7.21. The summed E-state index contributed by atoms with van der Waals surface area (Å²) in [6, 6.07) is 8.92. The van der Waals surface area contributed by atoms with E-state index in [1.54, 1.807) is 0 Å². The minimum absolute atomic E-state index is 0.0361. The lowest BCUT2D eigenvalue weighted by atomic mass is 10.2. The van der Waals surface area contributed by atoms with Gasteiger partial charge in [-0.15, -0.1) is 0 Å². The average Bonchev–Trinajstić information content (AvgIpc) is 2.99. The van der Waals surface area contributed by atoms with Gasteiger partial charge in [0.15, 0.2) is 19.7 Å². The van der Waals surface area contributed by atoms with Crippen LogP contribution in [0.2, 0.25) is 5.02 Å². The number of hydrogen-bond acceptors (Lipinski definition) is 5. The van der Waals surface area contributed by atoms with Crippen molar-refractivity contribution in [1.82, 2.24) is 0 Å². The largest absolute Gasteiger partial charge is 0.322 e. The van der Waals surface area contributed by atoms with Crippen molar-refractivity contribution in [2.75, 3.05) is 16.8 Å². The molecule has 1 saturated heterocycles. The van der Waals surface area contributed by atoms with Crippen LogP contribution in [0.25, 0.3) is 0 Å². The molecule has 0 bridgehead atoms. The van der Waals surface area contributed by atoms with Crippen LogP contribution in [0.5, 0.6) is 0 Å². The van der Waals surface area contributed by atoms with Crippen molar-refractivity contribution in [3.05, 3.63) is 58.9 Å². The summed E-state index contributed by atoms with van der Waals surface area (Å²) in [4.78, 5) is 12.2. The summed E-state index contributed by atoms with van der Waals surface area (Å²) < 4.78 is 61.3. The first-order chi connectivity index (χ1) is 12.6. The predicted octanol–water partition coefficient (Wildman–Crippen LogP) is 2.69. The molecule has 1 amide bonds. The van der Waals surface area contributed by atoms with Gasteiger partial charge in [0.1, 0.15) is 5.82 Å². The van der Waals surface area contributed by atoms with Crippen LogP contribution in [0.15, 0.2) is 47.4 Å². The lowest BCUT2D eigenvalue weighted by Gasteiger charge is -2.11. The van der Waals surface area contributed by atoms with Crippen LogP contribution in [-0.4, -0.2) is 39.5 Å². The van der Waals surface area contributed by atoms with Crippen molar-refractivity contribution >= 4 is 42.9 Å². The number of amides is 1. The van der Waals surface area contributed by atoms with E-state index in [1.165, 1.54) is 36.4 Å². The van der Waals surface area contributed by atoms with Crippen LogP contribution in [0.4, 0.5) is 10.1 Å². The van der Waals surface area contributed by atoms with Crippen molar-refractivity contribution < 1.29 is 26.0 Å². The Balaban J connectivity index is 1.76. The van der Waals surface area contributed by atoms with E-state index < -0.39 is 36.6 Å². The Morgan fingerprint density at radius 2 is 1.81 bits per heavy atom. The number of benzene rings is 2. The van der Waals surface area contributed by atoms with Crippen LogP contribution in [-0.2, 0) is 19.7 Å². The number of rotatable bonds is 4. The molecule has 144 valence electrons. The predicted molar refractivity (Wildman–Crippen MR) is 100 cm³/mol. The fraction of sp³-hybridized carbons (Fsp3) is 0.235. The highest BCUT2D eigenvalue weighted by Gasteiger charge is 2.37. The minimum atomic E-state index is -3.79. The fourth-order valence-corrected chi connectivity index (χ4v) is 7.31. The zero-order chi connectivity index (χ0) is 19.8. The van der Waals surface area contributed by atoms with Gasteiger partial charge in [-0.3, -0.25) is 4.79 Å². The highest BCUT2D eigenvalue weighted by Crippen LogP contribution is 2.26. The van der Waals surface area contributed by atoms with Crippen molar-refractivity contribution in [3.8, 4) is 0 Å². The van der Waals surface area contributed by atoms with Crippen LogP contribution >= 0.6 is 11.6 Å².